The summed E-state index contributed by atoms with van der Waals surface area (Å²) in [6, 6.07) is 0. The average Bonchev–Trinajstić information content (AvgIpc) is 3.42. The van der Waals surface area contributed by atoms with E-state index in [2.05, 4.69) is 20.3 Å². The first kappa shape index (κ1) is 24.1. The molecule has 16 heteroatoms. The Morgan fingerprint density at radius 1 is 0.944 bits per heavy atom. The number of nitrogens with zero attached hydrogens (tertiary/aromatic N) is 8. The van der Waals surface area contributed by atoms with Crippen molar-refractivity contribution in [2.24, 2.45) is 31.9 Å². The van der Waals surface area contributed by atoms with Crippen LogP contribution in [0.15, 0.2) is 32.0 Å². The number of pyridine rings is 1. The zero-order valence-corrected chi connectivity index (χ0v) is 19.7. The Hall–Kier alpha value is -5.02. The van der Waals surface area contributed by atoms with E-state index in [1.54, 1.807) is 0 Å². The van der Waals surface area contributed by atoms with Crippen molar-refractivity contribution in [2.45, 2.75) is 20.0 Å². The summed E-state index contributed by atoms with van der Waals surface area (Å²) < 4.78 is 5.86. The van der Waals surface area contributed by atoms with Crippen LogP contribution in [0.2, 0.25) is 0 Å². The second-order valence-corrected chi connectivity index (χ2v) is 8.07. The number of aromatic hydroxyl groups is 1. The summed E-state index contributed by atoms with van der Waals surface area (Å²) in [5.41, 5.74) is 4.67. The predicted octanol–water partition coefficient (Wildman–Crippen LogP) is -2.85. The number of guanidine groups is 1. The fraction of sp³-hybridized carbons (Fsp3) is 0.300. The highest BCUT2D eigenvalue weighted by Crippen LogP contribution is 2.24. The molecule has 0 saturated heterocycles. The summed E-state index contributed by atoms with van der Waals surface area (Å²) in [5.74, 6) is -2.26. The van der Waals surface area contributed by atoms with Crippen molar-refractivity contribution in [2.75, 3.05) is 0 Å². The van der Waals surface area contributed by atoms with Crippen molar-refractivity contribution < 1.29 is 14.7 Å². The topological polar surface area (TPSA) is 206 Å². The van der Waals surface area contributed by atoms with E-state index < -0.39 is 41.1 Å². The summed E-state index contributed by atoms with van der Waals surface area (Å²) in [6.45, 7) is 0.680. The van der Waals surface area contributed by atoms with Crippen LogP contribution >= 0.6 is 0 Å². The number of nitrogens with two attached hydrogens (primary N) is 1. The highest BCUT2D eigenvalue weighted by molar-refractivity contribution is 6.01. The molecule has 0 aromatic carbocycles. The van der Waals surface area contributed by atoms with E-state index >= 15 is 0 Å². The summed E-state index contributed by atoms with van der Waals surface area (Å²) in [6.07, 6.45) is 2.50. The molecule has 0 fully saturated rings. The molecule has 36 heavy (non-hydrogen) atoms. The van der Waals surface area contributed by atoms with Gasteiger partial charge in [0.2, 0.25) is 11.9 Å². The minimum absolute atomic E-state index is 0.0299. The van der Waals surface area contributed by atoms with Crippen molar-refractivity contribution in [3.8, 4) is 5.75 Å². The third-order valence-corrected chi connectivity index (χ3v) is 5.69. The molecule has 0 aliphatic carbocycles. The minimum atomic E-state index is -0.792. The molecular formula is C20H22N10O6. The predicted molar refractivity (Wildman–Crippen MR) is 126 cm³/mol. The lowest BCUT2D eigenvalue weighted by atomic mass is 10.2. The molecule has 4 aromatic rings. The largest absolute Gasteiger partial charge is 0.505 e. The number of rotatable bonds is 4. The molecule has 2 amide bonds. The number of hydrogen-bond acceptors (Lipinski definition) is 8. The van der Waals surface area contributed by atoms with Gasteiger partial charge in [0.1, 0.15) is 18.6 Å². The molecule has 0 unspecified atom stereocenters. The Balaban J connectivity index is 1.51. The molecule has 0 atom stereocenters. The molecule has 0 bridgehead atoms. The Bertz CT molecular complexity index is 1780. The van der Waals surface area contributed by atoms with Crippen LogP contribution in [0.4, 0.5) is 0 Å². The van der Waals surface area contributed by atoms with Gasteiger partial charge in [-0.1, -0.05) is 0 Å². The lowest BCUT2D eigenvalue weighted by Crippen LogP contribution is -2.39. The maximum absolute atomic E-state index is 12.5. The monoisotopic (exact) mass is 498 g/mol. The van der Waals surface area contributed by atoms with Gasteiger partial charge in [-0.2, -0.15) is 4.99 Å². The number of aliphatic imine (C=N–C) groups is 1. The summed E-state index contributed by atoms with van der Waals surface area (Å²) in [5, 5.41) is 12.6. The first-order valence-electron chi connectivity index (χ1n) is 10.4. The maximum Gasteiger partial charge on any atom is 0.332 e. The number of imidazole rings is 2. The van der Waals surface area contributed by atoms with E-state index in [4.69, 9.17) is 5.73 Å². The molecule has 0 saturated carbocycles. The quantitative estimate of drug-likeness (QED) is 0.195. The maximum atomic E-state index is 12.5. The number of amides is 2. The van der Waals surface area contributed by atoms with Crippen molar-refractivity contribution in [3.63, 3.8) is 0 Å². The van der Waals surface area contributed by atoms with Crippen LogP contribution in [0.3, 0.4) is 0 Å². The summed E-state index contributed by atoms with van der Waals surface area (Å²) in [7, 11) is 4.24. The zero-order valence-electron chi connectivity index (χ0n) is 19.7. The van der Waals surface area contributed by atoms with E-state index in [-0.39, 0.29) is 40.2 Å². The van der Waals surface area contributed by atoms with Crippen LogP contribution in [0.5, 0.6) is 5.75 Å². The van der Waals surface area contributed by atoms with Crippen LogP contribution in [-0.2, 0) is 43.8 Å². The molecule has 0 radical (unpaired) electrons. The third-order valence-electron chi connectivity index (χ3n) is 5.69. The number of carbonyl (C=O) groups excluding carboxylic acids is 2. The van der Waals surface area contributed by atoms with Crippen LogP contribution in [0, 0.1) is 6.92 Å². The summed E-state index contributed by atoms with van der Waals surface area (Å²) in [4.78, 5) is 73.2. The van der Waals surface area contributed by atoms with Gasteiger partial charge in [0.05, 0.1) is 18.2 Å². The Labute approximate surface area is 200 Å². The van der Waals surface area contributed by atoms with E-state index in [9.17, 15) is 29.1 Å². The molecule has 0 aliphatic rings. The molecule has 188 valence electrons. The lowest BCUT2D eigenvalue weighted by molar-refractivity contribution is -0.120. The number of aryl methyl sites for hydroxylation is 2. The number of nitrogens with one attached hydrogen (secondary N) is 1. The fourth-order valence-electron chi connectivity index (χ4n) is 3.80. The van der Waals surface area contributed by atoms with Gasteiger partial charge in [0, 0.05) is 21.1 Å². The first-order chi connectivity index (χ1) is 16.9. The van der Waals surface area contributed by atoms with Crippen LogP contribution < -0.4 is 27.9 Å². The molecule has 16 nitrogen and oxygen atoms in total. The van der Waals surface area contributed by atoms with Crippen molar-refractivity contribution >= 4 is 40.1 Å². The van der Waals surface area contributed by atoms with E-state index in [0.29, 0.717) is 0 Å². The van der Waals surface area contributed by atoms with Crippen LogP contribution in [0.25, 0.3) is 22.3 Å². The van der Waals surface area contributed by atoms with E-state index in [1.807, 2.05) is 0 Å². The van der Waals surface area contributed by atoms with Gasteiger partial charge in [-0.05, 0) is 6.92 Å². The summed E-state index contributed by atoms with van der Waals surface area (Å²) >= 11 is 0. The molecule has 4 heterocycles. The SMILES string of the molecule is Cc1c(O)c2c(ncn2CC(=O)NC(N)=NC(=O)Cn2cnc3c2c(=O)n(C)c(=O)n3C)n(C)c1=O. The van der Waals surface area contributed by atoms with E-state index in [1.165, 1.54) is 59.0 Å². The molecule has 0 aliphatic heterocycles. The van der Waals surface area contributed by atoms with Gasteiger partial charge in [-0.25, -0.2) is 14.8 Å². The van der Waals surface area contributed by atoms with Crippen molar-refractivity contribution in [3.05, 3.63) is 49.4 Å². The van der Waals surface area contributed by atoms with Gasteiger partial charge in [0.25, 0.3) is 17.0 Å². The highest BCUT2D eigenvalue weighted by Gasteiger charge is 2.19. The number of hydrogen-bond donors (Lipinski definition) is 3. The lowest BCUT2D eigenvalue weighted by Gasteiger charge is -2.09. The van der Waals surface area contributed by atoms with Crippen LogP contribution in [0.1, 0.15) is 5.56 Å². The van der Waals surface area contributed by atoms with Gasteiger partial charge in [-0.3, -0.25) is 38.2 Å². The van der Waals surface area contributed by atoms with E-state index in [0.717, 1.165) is 4.57 Å². The van der Waals surface area contributed by atoms with Gasteiger partial charge < -0.3 is 20.0 Å². The smallest absolute Gasteiger partial charge is 0.332 e. The second kappa shape index (κ2) is 8.64. The molecule has 0 spiro atoms. The van der Waals surface area contributed by atoms with Crippen LogP contribution in [-0.4, -0.2) is 55.7 Å². The normalized spacial score (nSPS) is 11.9. The molecular weight excluding hydrogens is 476 g/mol. The fourth-order valence-corrected chi connectivity index (χ4v) is 3.80. The molecule has 4 N–H and O–H groups in total. The highest BCUT2D eigenvalue weighted by atomic mass is 16.3. The zero-order chi connectivity index (χ0) is 26.5. The molecule has 4 rings (SSSR count). The van der Waals surface area contributed by atoms with Gasteiger partial charge in [-0.15, -0.1) is 0 Å². The number of fused-ring (bicyclic) bond motifs is 2. The number of carbonyl (C=O) groups is 2. The van der Waals surface area contributed by atoms with Gasteiger partial charge >= 0.3 is 5.69 Å². The standard InChI is InChI=1S/C20H22N10O6/c1-9-14(33)12-15(26(2)17(9)34)22-7-29(12)5-10(31)24-19(21)25-11(32)6-30-8-23-16-13(30)18(35)28(4)20(36)27(16)3/h7-8,33H,5-6H2,1-4H3,(H3,21,24,25,31,32). The Kier molecular flexibility index (Phi) is 5.79. The molecule has 4 aromatic heterocycles. The van der Waals surface area contributed by atoms with Crippen molar-refractivity contribution in [1.82, 2.24) is 38.1 Å². The number of aromatic nitrogens is 7. The van der Waals surface area contributed by atoms with Crippen molar-refractivity contribution in [1.29, 1.82) is 0 Å². The third kappa shape index (κ3) is 3.83. The second-order valence-electron chi connectivity index (χ2n) is 8.07. The minimum Gasteiger partial charge on any atom is -0.505 e. The average molecular weight is 498 g/mol. The first-order valence-corrected chi connectivity index (χ1v) is 10.4. The Morgan fingerprint density at radius 3 is 2.17 bits per heavy atom. The Morgan fingerprint density at radius 2 is 1.53 bits per heavy atom. The van der Waals surface area contributed by atoms with Gasteiger partial charge in [0.15, 0.2) is 22.6 Å².